The Hall–Kier alpha value is -2.66. The van der Waals surface area contributed by atoms with Gasteiger partial charge in [-0.2, -0.15) is 0 Å². The molecule has 0 aliphatic carbocycles. The Morgan fingerprint density at radius 1 is 1.04 bits per heavy atom. The van der Waals surface area contributed by atoms with Crippen molar-refractivity contribution < 1.29 is 4.79 Å². The molecule has 0 saturated heterocycles. The number of anilines is 3. The van der Waals surface area contributed by atoms with Crippen LogP contribution in [-0.4, -0.2) is 10.9 Å². The van der Waals surface area contributed by atoms with Crippen LogP contribution in [0.3, 0.4) is 0 Å². The highest BCUT2D eigenvalue weighted by atomic mass is 79.9. The Kier molecular flexibility index (Phi) is 5.14. The smallest absolute Gasteiger partial charge is 0.255 e. The molecule has 0 spiro atoms. The van der Waals surface area contributed by atoms with Gasteiger partial charge in [0.25, 0.3) is 5.91 Å². The predicted molar refractivity (Wildman–Crippen MR) is 106 cm³/mol. The SMILES string of the molecule is Cc1ccc(Nc2ccc(NC(=O)c3cccc(Br)c3)cn2)c(C)c1. The summed E-state index contributed by atoms with van der Waals surface area (Å²) in [5, 5.41) is 6.13. The number of aromatic nitrogens is 1. The second-order valence-corrected chi connectivity index (χ2v) is 6.76. The van der Waals surface area contributed by atoms with Gasteiger partial charge in [-0.3, -0.25) is 4.79 Å². The summed E-state index contributed by atoms with van der Waals surface area (Å²) >= 11 is 3.37. The fraction of sp³-hybridized carbons (Fsp3) is 0.100. The molecule has 1 amide bonds. The second-order valence-electron chi connectivity index (χ2n) is 5.84. The first-order valence-corrected chi connectivity index (χ1v) is 8.68. The summed E-state index contributed by atoms with van der Waals surface area (Å²) in [6.07, 6.45) is 1.64. The molecule has 0 saturated carbocycles. The van der Waals surface area contributed by atoms with Gasteiger partial charge in [0.1, 0.15) is 5.82 Å². The van der Waals surface area contributed by atoms with Crippen LogP contribution in [0.25, 0.3) is 0 Å². The van der Waals surface area contributed by atoms with Gasteiger partial charge in [0.15, 0.2) is 0 Å². The lowest BCUT2D eigenvalue weighted by atomic mass is 10.1. The minimum absolute atomic E-state index is 0.168. The fourth-order valence-corrected chi connectivity index (χ4v) is 2.87. The number of pyridine rings is 1. The van der Waals surface area contributed by atoms with Gasteiger partial charge in [0.2, 0.25) is 0 Å². The number of hydrogen-bond acceptors (Lipinski definition) is 3. The third-order valence-corrected chi connectivity index (χ3v) is 4.25. The van der Waals surface area contributed by atoms with Crippen LogP contribution >= 0.6 is 15.9 Å². The fourth-order valence-electron chi connectivity index (χ4n) is 2.47. The zero-order valence-corrected chi connectivity index (χ0v) is 15.6. The van der Waals surface area contributed by atoms with Crippen molar-refractivity contribution in [3.05, 3.63) is 82.0 Å². The van der Waals surface area contributed by atoms with Crippen molar-refractivity contribution >= 4 is 39.0 Å². The molecule has 0 fully saturated rings. The standard InChI is InChI=1S/C20H18BrN3O/c1-13-6-8-18(14(2)10-13)24-19-9-7-17(12-22-19)23-20(25)15-4-3-5-16(21)11-15/h3-12H,1-2H3,(H,22,24)(H,23,25). The molecule has 1 aromatic heterocycles. The van der Waals surface area contributed by atoms with Gasteiger partial charge in [-0.15, -0.1) is 0 Å². The van der Waals surface area contributed by atoms with Crippen molar-refractivity contribution in [3.8, 4) is 0 Å². The average Bonchev–Trinajstić information content (AvgIpc) is 2.59. The maximum atomic E-state index is 12.2. The Labute approximate surface area is 155 Å². The van der Waals surface area contributed by atoms with Crippen molar-refractivity contribution in [3.63, 3.8) is 0 Å². The number of hydrogen-bond donors (Lipinski definition) is 2. The summed E-state index contributed by atoms with van der Waals surface area (Å²) in [6, 6.07) is 17.1. The Morgan fingerprint density at radius 3 is 2.56 bits per heavy atom. The van der Waals surface area contributed by atoms with Gasteiger partial charge < -0.3 is 10.6 Å². The van der Waals surface area contributed by atoms with Crippen LogP contribution in [0.2, 0.25) is 0 Å². The van der Waals surface area contributed by atoms with Crippen LogP contribution in [0.4, 0.5) is 17.2 Å². The Bertz CT molecular complexity index is 907. The van der Waals surface area contributed by atoms with Gasteiger partial charge in [-0.05, 0) is 55.8 Å². The number of nitrogens with zero attached hydrogens (tertiary/aromatic N) is 1. The quantitative estimate of drug-likeness (QED) is 0.616. The van der Waals surface area contributed by atoms with Gasteiger partial charge in [-0.1, -0.05) is 39.7 Å². The van der Waals surface area contributed by atoms with Gasteiger partial charge in [0, 0.05) is 15.7 Å². The number of carbonyl (C=O) groups is 1. The monoisotopic (exact) mass is 395 g/mol. The van der Waals surface area contributed by atoms with E-state index in [0.717, 1.165) is 21.5 Å². The van der Waals surface area contributed by atoms with E-state index in [1.165, 1.54) is 5.56 Å². The zero-order valence-electron chi connectivity index (χ0n) is 14.0. The number of benzene rings is 2. The lowest BCUT2D eigenvalue weighted by Crippen LogP contribution is -2.12. The third kappa shape index (κ3) is 4.45. The predicted octanol–water partition coefficient (Wildman–Crippen LogP) is 5.46. The van der Waals surface area contributed by atoms with E-state index in [4.69, 9.17) is 0 Å². The number of amides is 1. The molecule has 2 N–H and O–H groups in total. The number of rotatable bonds is 4. The van der Waals surface area contributed by atoms with Crippen molar-refractivity contribution in [1.29, 1.82) is 0 Å². The Balaban J connectivity index is 1.69. The summed E-state index contributed by atoms with van der Waals surface area (Å²) in [5.74, 6) is 0.561. The van der Waals surface area contributed by atoms with Gasteiger partial charge >= 0.3 is 0 Å². The van der Waals surface area contributed by atoms with Crippen LogP contribution in [0.1, 0.15) is 21.5 Å². The molecule has 5 heteroatoms. The molecule has 3 aromatic rings. The van der Waals surface area contributed by atoms with Crippen molar-refractivity contribution in [2.75, 3.05) is 10.6 Å². The molecule has 1 heterocycles. The maximum absolute atomic E-state index is 12.2. The molecule has 3 rings (SSSR count). The van der Waals surface area contributed by atoms with E-state index in [9.17, 15) is 4.79 Å². The van der Waals surface area contributed by atoms with Gasteiger partial charge in [-0.25, -0.2) is 4.98 Å². The van der Waals surface area contributed by atoms with E-state index >= 15 is 0 Å². The third-order valence-electron chi connectivity index (χ3n) is 3.75. The van der Waals surface area contributed by atoms with Crippen LogP contribution < -0.4 is 10.6 Å². The molecule has 0 atom stereocenters. The maximum Gasteiger partial charge on any atom is 0.255 e. The lowest BCUT2D eigenvalue weighted by Gasteiger charge is -2.10. The van der Waals surface area contributed by atoms with Crippen LogP contribution in [-0.2, 0) is 0 Å². The van der Waals surface area contributed by atoms with E-state index in [1.807, 2.05) is 30.3 Å². The topological polar surface area (TPSA) is 54.0 Å². The molecule has 0 aliphatic heterocycles. The summed E-state index contributed by atoms with van der Waals surface area (Å²) in [5.41, 5.74) is 4.64. The summed E-state index contributed by atoms with van der Waals surface area (Å²) in [6.45, 7) is 4.12. The average molecular weight is 396 g/mol. The van der Waals surface area contributed by atoms with E-state index < -0.39 is 0 Å². The molecule has 0 bridgehead atoms. The van der Waals surface area contributed by atoms with Crippen LogP contribution in [0.5, 0.6) is 0 Å². The molecule has 4 nitrogen and oxygen atoms in total. The normalized spacial score (nSPS) is 10.4. The van der Waals surface area contributed by atoms with Crippen LogP contribution in [0, 0.1) is 13.8 Å². The summed E-state index contributed by atoms with van der Waals surface area (Å²) in [7, 11) is 0. The molecule has 126 valence electrons. The molecule has 0 aliphatic rings. The van der Waals surface area contributed by atoms with Crippen molar-refractivity contribution in [2.45, 2.75) is 13.8 Å². The molecule has 0 unspecified atom stereocenters. The number of nitrogens with one attached hydrogen (secondary N) is 2. The summed E-state index contributed by atoms with van der Waals surface area (Å²) in [4.78, 5) is 16.6. The molecular formula is C20H18BrN3O. The zero-order chi connectivity index (χ0) is 17.8. The number of aryl methyl sites for hydroxylation is 2. The highest BCUT2D eigenvalue weighted by Crippen LogP contribution is 2.21. The first-order valence-electron chi connectivity index (χ1n) is 7.88. The minimum Gasteiger partial charge on any atom is -0.340 e. The van der Waals surface area contributed by atoms with Crippen molar-refractivity contribution in [2.24, 2.45) is 0 Å². The van der Waals surface area contributed by atoms with Crippen molar-refractivity contribution in [1.82, 2.24) is 4.98 Å². The first-order chi connectivity index (χ1) is 12.0. The largest absolute Gasteiger partial charge is 0.340 e. The first kappa shape index (κ1) is 17.2. The number of carbonyl (C=O) groups excluding carboxylic acids is 1. The molecule has 25 heavy (non-hydrogen) atoms. The number of halogens is 1. The molecule has 0 radical (unpaired) electrons. The highest BCUT2D eigenvalue weighted by Gasteiger charge is 2.07. The van der Waals surface area contributed by atoms with E-state index in [-0.39, 0.29) is 5.91 Å². The Morgan fingerprint density at radius 2 is 1.88 bits per heavy atom. The lowest BCUT2D eigenvalue weighted by molar-refractivity contribution is 0.102. The van der Waals surface area contributed by atoms with E-state index in [2.05, 4.69) is 57.5 Å². The van der Waals surface area contributed by atoms with Crippen LogP contribution in [0.15, 0.2) is 65.3 Å². The minimum atomic E-state index is -0.168. The second kappa shape index (κ2) is 7.49. The summed E-state index contributed by atoms with van der Waals surface area (Å²) < 4.78 is 0.867. The van der Waals surface area contributed by atoms with Gasteiger partial charge in [0.05, 0.1) is 11.9 Å². The molecular weight excluding hydrogens is 378 g/mol. The highest BCUT2D eigenvalue weighted by molar-refractivity contribution is 9.10. The molecule has 2 aromatic carbocycles. The van der Waals surface area contributed by atoms with E-state index in [1.54, 1.807) is 18.3 Å². The van der Waals surface area contributed by atoms with E-state index in [0.29, 0.717) is 11.3 Å².